The molecule has 0 radical (unpaired) electrons. The fourth-order valence-corrected chi connectivity index (χ4v) is 1.97. The van der Waals surface area contributed by atoms with Crippen LogP contribution < -0.4 is 0 Å². The van der Waals surface area contributed by atoms with Gasteiger partial charge in [-0.15, -0.1) is 0 Å². The van der Waals surface area contributed by atoms with Gasteiger partial charge in [0.1, 0.15) is 6.61 Å². The monoisotopic (exact) mass is 306 g/mol. The van der Waals surface area contributed by atoms with Crippen LogP contribution in [-0.2, 0) is 9.53 Å². The maximum absolute atomic E-state index is 11.2. The Morgan fingerprint density at radius 2 is 1.47 bits per heavy atom. The highest BCUT2D eigenvalue weighted by atomic mass is 79.9. The van der Waals surface area contributed by atoms with Gasteiger partial charge < -0.3 is 4.74 Å². The van der Waals surface area contributed by atoms with E-state index in [1.165, 1.54) is 44.9 Å². The minimum Gasteiger partial charge on any atom is -0.465 e. The first-order chi connectivity index (χ1) is 8.31. The van der Waals surface area contributed by atoms with Gasteiger partial charge in [-0.3, -0.25) is 4.79 Å². The zero-order valence-corrected chi connectivity index (χ0v) is 12.8. The van der Waals surface area contributed by atoms with Crippen molar-refractivity contribution in [3.63, 3.8) is 0 Å². The van der Waals surface area contributed by atoms with Gasteiger partial charge in [0.2, 0.25) is 0 Å². The highest BCUT2D eigenvalue weighted by Gasteiger charge is 2.01. The maximum atomic E-state index is 11.2. The Labute approximate surface area is 115 Å². The van der Waals surface area contributed by atoms with Crippen molar-refractivity contribution in [3.8, 4) is 0 Å². The van der Waals surface area contributed by atoms with E-state index >= 15 is 0 Å². The van der Waals surface area contributed by atoms with Gasteiger partial charge in [0.15, 0.2) is 0 Å². The third kappa shape index (κ3) is 13.9. The normalized spacial score (nSPS) is 10.5. The van der Waals surface area contributed by atoms with Crippen LogP contribution in [0.2, 0.25) is 0 Å². The van der Waals surface area contributed by atoms with Crippen LogP contribution in [-0.4, -0.2) is 17.9 Å². The number of unbranched alkanes of at least 4 members (excludes halogenated alkanes) is 8. The summed E-state index contributed by atoms with van der Waals surface area (Å²) in [5, 5.41) is 0.733. The Morgan fingerprint density at radius 1 is 0.941 bits per heavy atom. The molecule has 0 aromatic heterocycles. The van der Waals surface area contributed by atoms with Crippen LogP contribution in [0.1, 0.15) is 71.1 Å². The summed E-state index contributed by atoms with van der Waals surface area (Å²) in [6, 6.07) is 0. The van der Waals surface area contributed by atoms with Crippen LogP contribution in [0, 0.1) is 0 Å². The number of ether oxygens (including phenoxy) is 1. The SMILES string of the molecule is CCCCCCCCCCCC(=O)OCCBr. The summed E-state index contributed by atoms with van der Waals surface area (Å²) in [6.07, 6.45) is 12.1. The summed E-state index contributed by atoms with van der Waals surface area (Å²) in [4.78, 5) is 11.2. The zero-order valence-electron chi connectivity index (χ0n) is 11.2. The Bertz CT molecular complexity index is 172. The molecule has 0 rings (SSSR count). The molecule has 0 aliphatic carbocycles. The number of rotatable bonds is 12. The molecule has 0 saturated heterocycles. The summed E-state index contributed by atoms with van der Waals surface area (Å²) < 4.78 is 4.98. The Hall–Kier alpha value is -0.0500. The van der Waals surface area contributed by atoms with Crippen LogP contribution in [0.15, 0.2) is 0 Å². The summed E-state index contributed by atoms with van der Waals surface area (Å²) in [7, 11) is 0. The van der Waals surface area contributed by atoms with Gasteiger partial charge in [-0.1, -0.05) is 74.2 Å². The van der Waals surface area contributed by atoms with E-state index in [9.17, 15) is 4.79 Å². The minimum absolute atomic E-state index is 0.0487. The van der Waals surface area contributed by atoms with Gasteiger partial charge in [0.05, 0.1) is 0 Å². The van der Waals surface area contributed by atoms with E-state index in [1.807, 2.05) is 0 Å². The molecular weight excluding hydrogens is 280 g/mol. The fraction of sp³-hybridized carbons (Fsp3) is 0.929. The van der Waals surface area contributed by atoms with Crippen LogP contribution in [0.4, 0.5) is 0 Å². The highest BCUT2D eigenvalue weighted by molar-refractivity contribution is 9.09. The largest absolute Gasteiger partial charge is 0.465 e. The van der Waals surface area contributed by atoms with Crippen LogP contribution in [0.5, 0.6) is 0 Å². The second kappa shape index (κ2) is 14.0. The first-order valence-electron chi connectivity index (χ1n) is 7.02. The lowest BCUT2D eigenvalue weighted by Gasteiger charge is -2.03. The molecule has 2 nitrogen and oxygen atoms in total. The smallest absolute Gasteiger partial charge is 0.305 e. The number of alkyl halides is 1. The number of esters is 1. The Morgan fingerprint density at radius 3 is 2.00 bits per heavy atom. The van der Waals surface area contributed by atoms with E-state index in [2.05, 4.69) is 22.9 Å². The second-order valence-corrected chi connectivity index (χ2v) is 5.28. The fourth-order valence-electron chi connectivity index (χ4n) is 1.80. The van der Waals surface area contributed by atoms with E-state index in [-0.39, 0.29) is 5.97 Å². The van der Waals surface area contributed by atoms with Gasteiger partial charge in [-0.05, 0) is 6.42 Å². The predicted molar refractivity (Wildman–Crippen MR) is 76.6 cm³/mol. The van der Waals surface area contributed by atoms with Crippen molar-refractivity contribution in [2.75, 3.05) is 11.9 Å². The molecule has 0 heterocycles. The van der Waals surface area contributed by atoms with Crippen molar-refractivity contribution in [1.82, 2.24) is 0 Å². The molecule has 17 heavy (non-hydrogen) atoms. The number of hydrogen-bond donors (Lipinski definition) is 0. The quantitative estimate of drug-likeness (QED) is 0.293. The molecule has 0 atom stereocenters. The molecule has 0 aliphatic rings. The third-order valence-corrected chi connectivity index (χ3v) is 3.15. The van der Waals surface area contributed by atoms with Crippen molar-refractivity contribution in [2.24, 2.45) is 0 Å². The van der Waals surface area contributed by atoms with Crippen molar-refractivity contribution in [2.45, 2.75) is 71.1 Å². The molecule has 0 unspecified atom stereocenters. The summed E-state index contributed by atoms with van der Waals surface area (Å²) >= 11 is 3.23. The molecule has 0 aromatic rings. The molecule has 0 fully saturated rings. The molecular formula is C14H27BrO2. The lowest BCUT2D eigenvalue weighted by molar-refractivity contribution is -0.143. The molecule has 0 aliphatic heterocycles. The third-order valence-electron chi connectivity index (χ3n) is 2.82. The lowest BCUT2D eigenvalue weighted by atomic mass is 10.1. The van der Waals surface area contributed by atoms with Crippen molar-refractivity contribution in [3.05, 3.63) is 0 Å². The zero-order chi connectivity index (χ0) is 12.8. The van der Waals surface area contributed by atoms with Gasteiger partial charge in [-0.25, -0.2) is 0 Å². The molecule has 0 bridgehead atoms. The molecule has 3 heteroatoms. The summed E-state index contributed by atoms with van der Waals surface area (Å²) in [5.41, 5.74) is 0. The van der Waals surface area contributed by atoms with Gasteiger partial charge >= 0.3 is 5.97 Å². The minimum atomic E-state index is -0.0487. The van der Waals surface area contributed by atoms with Crippen molar-refractivity contribution >= 4 is 21.9 Å². The number of hydrogen-bond acceptors (Lipinski definition) is 2. The van der Waals surface area contributed by atoms with E-state index in [4.69, 9.17) is 4.74 Å². The average molecular weight is 307 g/mol. The van der Waals surface area contributed by atoms with E-state index in [0.29, 0.717) is 13.0 Å². The molecule has 0 spiro atoms. The molecule has 0 saturated carbocycles. The molecule has 102 valence electrons. The van der Waals surface area contributed by atoms with Gasteiger partial charge in [-0.2, -0.15) is 0 Å². The van der Waals surface area contributed by atoms with E-state index < -0.39 is 0 Å². The topological polar surface area (TPSA) is 26.3 Å². The van der Waals surface area contributed by atoms with Gasteiger partial charge in [0, 0.05) is 11.8 Å². The van der Waals surface area contributed by atoms with E-state index in [1.54, 1.807) is 0 Å². The van der Waals surface area contributed by atoms with Crippen LogP contribution in [0.3, 0.4) is 0 Å². The standard InChI is InChI=1S/C14H27BrO2/c1-2-3-4-5-6-7-8-9-10-11-14(16)17-13-12-15/h2-13H2,1H3. The number of carbonyl (C=O) groups excluding carboxylic acids is 1. The summed E-state index contributed by atoms with van der Waals surface area (Å²) in [5.74, 6) is -0.0487. The van der Waals surface area contributed by atoms with Gasteiger partial charge in [0.25, 0.3) is 0 Å². The molecule has 0 N–H and O–H groups in total. The maximum Gasteiger partial charge on any atom is 0.305 e. The Balaban J connectivity index is 3.05. The number of halogens is 1. The predicted octanol–water partition coefficient (Wildman–Crippen LogP) is 4.85. The summed E-state index contributed by atoms with van der Waals surface area (Å²) in [6.45, 7) is 2.74. The first-order valence-corrected chi connectivity index (χ1v) is 8.15. The van der Waals surface area contributed by atoms with Crippen molar-refractivity contribution in [1.29, 1.82) is 0 Å². The second-order valence-electron chi connectivity index (χ2n) is 4.49. The molecule has 0 amide bonds. The number of carbonyl (C=O) groups is 1. The first kappa shape index (κ1) is 16.9. The van der Waals surface area contributed by atoms with Crippen molar-refractivity contribution < 1.29 is 9.53 Å². The highest BCUT2D eigenvalue weighted by Crippen LogP contribution is 2.10. The lowest BCUT2D eigenvalue weighted by Crippen LogP contribution is -2.05. The molecule has 0 aromatic carbocycles. The van der Waals surface area contributed by atoms with E-state index in [0.717, 1.165) is 18.2 Å². The van der Waals surface area contributed by atoms with Crippen LogP contribution >= 0.6 is 15.9 Å². The average Bonchev–Trinajstić information content (AvgIpc) is 2.34. The van der Waals surface area contributed by atoms with Crippen LogP contribution in [0.25, 0.3) is 0 Å². The Kier molecular flexibility index (Phi) is 14.0.